The average molecular weight is 198 g/mol. The molecule has 0 spiro atoms. The zero-order chi connectivity index (χ0) is 11.2. The van der Waals surface area contributed by atoms with Crippen LogP contribution in [0.4, 0.5) is 0 Å². The number of ether oxygens (including phenoxy) is 2. The molecule has 0 aromatic heterocycles. The minimum atomic E-state index is -0.412. The fourth-order valence-electron chi connectivity index (χ4n) is 0.307. The van der Waals surface area contributed by atoms with Crippen molar-refractivity contribution in [1.82, 2.24) is 0 Å². The van der Waals surface area contributed by atoms with Gasteiger partial charge in [0, 0.05) is 6.08 Å². The van der Waals surface area contributed by atoms with Crippen LogP contribution in [-0.4, -0.2) is 25.7 Å². The Labute approximate surface area is 83.5 Å². The molecule has 78 valence electrons. The molecule has 0 aliphatic rings. The average Bonchev–Trinajstić information content (AvgIpc) is 2.23. The van der Waals surface area contributed by atoms with Gasteiger partial charge in [0.25, 0.3) is 6.47 Å². The van der Waals surface area contributed by atoms with E-state index in [1.807, 2.05) is 0 Å². The van der Waals surface area contributed by atoms with Crippen LogP contribution in [0.1, 0.15) is 0 Å². The van der Waals surface area contributed by atoms with Crippen LogP contribution < -0.4 is 0 Å². The van der Waals surface area contributed by atoms with Crippen LogP contribution in [0.15, 0.2) is 38.0 Å². The van der Waals surface area contributed by atoms with Crippen molar-refractivity contribution in [1.29, 1.82) is 0 Å². The van der Waals surface area contributed by atoms with Crippen molar-refractivity contribution in [3.63, 3.8) is 0 Å². The summed E-state index contributed by atoms with van der Waals surface area (Å²) in [7, 11) is 0. The van der Waals surface area contributed by atoms with Gasteiger partial charge in [-0.2, -0.15) is 0 Å². The molecule has 0 radical (unpaired) electrons. The number of hydrogen-bond donors (Lipinski definition) is 0. The monoisotopic (exact) mass is 198 g/mol. The van der Waals surface area contributed by atoms with E-state index in [0.717, 1.165) is 6.08 Å². The largest absolute Gasteiger partial charge is 0.464 e. The smallest absolute Gasteiger partial charge is 0.330 e. The third-order valence-electron chi connectivity index (χ3n) is 0.792. The van der Waals surface area contributed by atoms with Crippen molar-refractivity contribution >= 4 is 12.4 Å². The number of carbonyl (C=O) groups excluding carboxylic acids is 2. The van der Waals surface area contributed by atoms with E-state index in [1.54, 1.807) is 0 Å². The van der Waals surface area contributed by atoms with Gasteiger partial charge in [-0.1, -0.05) is 31.9 Å². The van der Waals surface area contributed by atoms with Crippen LogP contribution >= 0.6 is 0 Å². The minimum absolute atomic E-state index is 0.255. The summed E-state index contributed by atoms with van der Waals surface area (Å²) < 4.78 is 8.65. The molecule has 0 unspecified atom stereocenters. The standard InChI is InChI=1S/C6H8O2.C4H6O2/c1-3-5-8-6(7)4-2;1-2-3-6-4-5/h3-4H,1-2,5H2;2,4H,1,3H2. The maximum absolute atomic E-state index is 10.2. The van der Waals surface area contributed by atoms with Crippen LogP contribution in [0.2, 0.25) is 0 Å². The summed E-state index contributed by atoms with van der Waals surface area (Å²) in [5.41, 5.74) is 0. The Hall–Kier alpha value is -1.84. The summed E-state index contributed by atoms with van der Waals surface area (Å²) in [5, 5.41) is 0. The van der Waals surface area contributed by atoms with E-state index >= 15 is 0 Å². The lowest BCUT2D eigenvalue weighted by molar-refractivity contribution is -0.136. The Morgan fingerprint density at radius 2 is 1.71 bits per heavy atom. The Balaban J connectivity index is 0. The highest BCUT2D eigenvalue weighted by Crippen LogP contribution is 1.77. The van der Waals surface area contributed by atoms with E-state index in [2.05, 4.69) is 29.2 Å². The molecule has 0 atom stereocenters. The summed E-state index contributed by atoms with van der Waals surface area (Å²) in [4.78, 5) is 19.5. The van der Waals surface area contributed by atoms with Gasteiger partial charge in [-0.3, -0.25) is 4.79 Å². The topological polar surface area (TPSA) is 52.6 Å². The lowest BCUT2D eigenvalue weighted by atomic mass is 10.6. The van der Waals surface area contributed by atoms with Crippen molar-refractivity contribution in [3.05, 3.63) is 38.0 Å². The highest BCUT2D eigenvalue weighted by molar-refractivity contribution is 5.81. The Kier molecular flexibility index (Phi) is 14.4. The molecule has 4 heteroatoms. The normalized spacial score (nSPS) is 7.14. The van der Waals surface area contributed by atoms with Gasteiger partial charge in [0.1, 0.15) is 13.2 Å². The van der Waals surface area contributed by atoms with Gasteiger partial charge in [0.2, 0.25) is 0 Å². The van der Waals surface area contributed by atoms with E-state index in [4.69, 9.17) is 0 Å². The second kappa shape index (κ2) is 13.7. The van der Waals surface area contributed by atoms with Crippen molar-refractivity contribution in [3.8, 4) is 0 Å². The summed E-state index contributed by atoms with van der Waals surface area (Å²) in [5.74, 6) is -0.412. The van der Waals surface area contributed by atoms with Crippen LogP contribution in [-0.2, 0) is 19.1 Å². The van der Waals surface area contributed by atoms with Gasteiger partial charge in [-0.05, 0) is 0 Å². The fraction of sp³-hybridized carbons (Fsp3) is 0.200. The fourth-order valence-corrected chi connectivity index (χ4v) is 0.307. The molecule has 0 N–H and O–H groups in total. The van der Waals surface area contributed by atoms with Gasteiger partial charge in [-0.15, -0.1) is 0 Å². The van der Waals surface area contributed by atoms with Crippen LogP contribution in [0.3, 0.4) is 0 Å². The second-order valence-electron chi connectivity index (χ2n) is 1.84. The van der Waals surface area contributed by atoms with Crippen molar-refractivity contribution in [2.45, 2.75) is 0 Å². The number of esters is 1. The van der Waals surface area contributed by atoms with Crippen molar-refractivity contribution in [2.75, 3.05) is 13.2 Å². The molecule has 0 heterocycles. The lowest BCUT2D eigenvalue weighted by Crippen LogP contribution is -1.98. The molecule has 0 saturated heterocycles. The molecule has 0 saturated carbocycles. The maximum atomic E-state index is 10.2. The zero-order valence-electron chi connectivity index (χ0n) is 7.98. The third-order valence-corrected chi connectivity index (χ3v) is 0.792. The molecule has 0 fully saturated rings. The van der Waals surface area contributed by atoms with Gasteiger partial charge in [0.15, 0.2) is 0 Å². The van der Waals surface area contributed by atoms with Crippen molar-refractivity contribution in [2.24, 2.45) is 0 Å². The molecule has 14 heavy (non-hydrogen) atoms. The molecule has 0 aliphatic carbocycles. The predicted molar refractivity (Wildman–Crippen MR) is 53.6 cm³/mol. The Morgan fingerprint density at radius 1 is 1.14 bits per heavy atom. The predicted octanol–water partition coefficient (Wildman–Crippen LogP) is 1.25. The van der Waals surface area contributed by atoms with Crippen LogP contribution in [0, 0.1) is 0 Å². The van der Waals surface area contributed by atoms with E-state index in [1.165, 1.54) is 12.2 Å². The molecule has 0 aromatic carbocycles. The van der Waals surface area contributed by atoms with Gasteiger partial charge >= 0.3 is 5.97 Å². The zero-order valence-corrected chi connectivity index (χ0v) is 7.98. The summed E-state index contributed by atoms with van der Waals surface area (Å²) in [6.07, 6.45) is 4.12. The SMILES string of the molecule is C=CCOC(=O)C=C.C=CCOC=O. The summed E-state index contributed by atoms with van der Waals surface area (Å²) in [6.45, 7) is 10.8. The van der Waals surface area contributed by atoms with Crippen LogP contribution in [0.25, 0.3) is 0 Å². The summed E-state index contributed by atoms with van der Waals surface area (Å²) >= 11 is 0. The van der Waals surface area contributed by atoms with E-state index < -0.39 is 5.97 Å². The molecule has 0 rings (SSSR count). The first-order valence-electron chi connectivity index (χ1n) is 3.79. The number of carbonyl (C=O) groups is 2. The molecule has 0 aromatic rings. The van der Waals surface area contributed by atoms with E-state index in [9.17, 15) is 9.59 Å². The molecular formula is C10H14O4. The number of hydrogen-bond acceptors (Lipinski definition) is 4. The molecule has 0 amide bonds. The first-order valence-corrected chi connectivity index (χ1v) is 3.79. The maximum Gasteiger partial charge on any atom is 0.330 e. The highest BCUT2D eigenvalue weighted by Gasteiger charge is 1.87. The summed E-state index contributed by atoms with van der Waals surface area (Å²) in [6, 6.07) is 0. The molecule has 0 bridgehead atoms. The Bertz CT molecular complexity index is 188. The molecular weight excluding hydrogens is 184 g/mol. The molecule has 4 nitrogen and oxygen atoms in total. The Morgan fingerprint density at radius 3 is 2.00 bits per heavy atom. The van der Waals surface area contributed by atoms with Gasteiger partial charge in [-0.25, -0.2) is 4.79 Å². The second-order valence-corrected chi connectivity index (χ2v) is 1.84. The van der Waals surface area contributed by atoms with E-state index in [0.29, 0.717) is 13.1 Å². The minimum Gasteiger partial charge on any atom is -0.464 e. The van der Waals surface area contributed by atoms with Crippen LogP contribution in [0.5, 0.6) is 0 Å². The molecule has 0 aliphatic heterocycles. The quantitative estimate of drug-likeness (QED) is 0.212. The van der Waals surface area contributed by atoms with Crippen molar-refractivity contribution < 1.29 is 19.1 Å². The third kappa shape index (κ3) is 16.6. The lowest BCUT2D eigenvalue weighted by Gasteiger charge is -1.92. The highest BCUT2D eigenvalue weighted by atomic mass is 16.5. The van der Waals surface area contributed by atoms with Gasteiger partial charge in [0.05, 0.1) is 0 Å². The van der Waals surface area contributed by atoms with Gasteiger partial charge < -0.3 is 9.47 Å². The van der Waals surface area contributed by atoms with E-state index in [-0.39, 0.29) is 6.61 Å². The first kappa shape index (κ1) is 14.7. The number of rotatable bonds is 6. The first-order chi connectivity index (χ1) is 6.72.